The lowest BCUT2D eigenvalue weighted by Crippen LogP contribution is -2.29. The Bertz CT molecular complexity index is 1190. The van der Waals surface area contributed by atoms with Gasteiger partial charge in [-0.15, -0.1) is 0 Å². The van der Waals surface area contributed by atoms with Gasteiger partial charge >= 0.3 is 0 Å². The molecule has 31 heavy (non-hydrogen) atoms. The zero-order chi connectivity index (χ0) is 22.1. The van der Waals surface area contributed by atoms with Gasteiger partial charge in [-0.25, -0.2) is 4.39 Å². The van der Waals surface area contributed by atoms with E-state index in [1.54, 1.807) is 48.7 Å². The number of aryl methyl sites for hydroxylation is 2. The van der Waals surface area contributed by atoms with Gasteiger partial charge in [-0.05, 0) is 60.9 Å². The maximum Gasteiger partial charge on any atom is 0.296 e. The van der Waals surface area contributed by atoms with Gasteiger partial charge in [0, 0.05) is 18.3 Å². The standard InChI is InChI=1S/C25H21FN2O3/c1-15-6-9-18(13-16(15)2)23(29)21-22(20-5-3-4-12-27-20)28(25(31)24(21)30)14-17-7-10-19(26)11-8-17/h3-13,22,29H,14H2,1-2H3/b23-21-. The smallest absolute Gasteiger partial charge is 0.296 e. The topological polar surface area (TPSA) is 70.5 Å². The van der Waals surface area contributed by atoms with Crippen LogP contribution in [0, 0.1) is 19.7 Å². The van der Waals surface area contributed by atoms with E-state index < -0.39 is 17.7 Å². The zero-order valence-corrected chi connectivity index (χ0v) is 17.2. The zero-order valence-electron chi connectivity index (χ0n) is 17.2. The number of aliphatic hydroxyl groups is 1. The quantitative estimate of drug-likeness (QED) is 0.387. The molecule has 1 aromatic heterocycles. The molecule has 1 N–H and O–H groups in total. The summed E-state index contributed by atoms with van der Waals surface area (Å²) in [6.45, 7) is 3.94. The van der Waals surface area contributed by atoms with Crippen LogP contribution in [0.2, 0.25) is 0 Å². The number of halogens is 1. The second-order valence-electron chi connectivity index (χ2n) is 7.61. The fraction of sp³-hybridized carbons (Fsp3) is 0.160. The van der Waals surface area contributed by atoms with Gasteiger partial charge in [-0.3, -0.25) is 14.6 Å². The van der Waals surface area contributed by atoms with E-state index in [9.17, 15) is 19.1 Å². The normalized spacial score (nSPS) is 17.9. The first-order valence-electron chi connectivity index (χ1n) is 9.88. The molecule has 1 aliphatic heterocycles. The molecule has 1 atom stereocenters. The van der Waals surface area contributed by atoms with Crippen LogP contribution in [0.5, 0.6) is 0 Å². The molecule has 156 valence electrons. The largest absolute Gasteiger partial charge is 0.507 e. The van der Waals surface area contributed by atoms with Crippen molar-refractivity contribution in [3.63, 3.8) is 0 Å². The monoisotopic (exact) mass is 416 g/mol. The van der Waals surface area contributed by atoms with Gasteiger partial charge in [0.1, 0.15) is 17.6 Å². The Morgan fingerprint density at radius 2 is 1.77 bits per heavy atom. The van der Waals surface area contributed by atoms with Crippen molar-refractivity contribution in [3.8, 4) is 0 Å². The molecule has 1 amide bonds. The number of aromatic nitrogens is 1. The maximum atomic E-state index is 13.3. The first kappa shape index (κ1) is 20.5. The van der Waals surface area contributed by atoms with Crippen molar-refractivity contribution in [2.24, 2.45) is 0 Å². The predicted octanol–water partition coefficient (Wildman–Crippen LogP) is 4.46. The van der Waals surface area contributed by atoms with Gasteiger partial charge < -0.3 is 10.0 Å². The SMILES string of the molecule is Cc1ccc(/C(O)=C2/C(=O)C(=O)N(Cc3ccc(F)cc3)C2c2ccccn2)cc1C. The second-order valence-corrected chi connectivity index (χ2v) is 7.61. The number of likely N-dealkylation sites (tertiary alicyclic amines) is 1. The lowest BCUT2D eigenvalue weighted by Gasteiger charge is -2.24. The number of carbonyl (C=O) groups excluding carboxylic acids is 2. The number of aliphatic hydroxyl groups excluding tert-OH is 1. The third-order valence-electron chi connectivity index (χ3n) is 5.55. The third-order valence-corrected chi connectivity index (χ3v) is 5.55. The molecular formula is C25H21FN2O3. The molecule has 3 aromatic rings. The number of nitrogens with zero attached hydrogens (tertiary/aromatic N) is 2. The van der Waals surface area contributed by atoms with Gasteiger partial charge in [-0.1, -0.05) is 30.3 Å². The maximum absolute atomic E-state index is 13.3. The lowest BCUT2D eigenvalue weighted by atomic mass is 9.96. The summed E-state index contributed by atoms with van der Waals surface area (Å²) in [5.41, 5.74) is 3.59. The minimum Gasteiger partial charge on any atom is -0.507 e. The summed E-state index contributed by atoms with van der Waals surface area (Å²) in [7, 11) is 0. The Morgan fingerprint density at radius 3 is 2.42 bits per heavy atom. The van der Waals surface area contributed by atoms with Crippen molar-refractivity contribution in [1.82, 2.24) is 9.88 Å². The number of rotatable bonds is 4. The number of carbonyl (C=O) groups is 2. The van der Waals surface area contributed by atoms with Crippen molar-refractivity contribution >= 4 is 17.4 Å². The molecular weight excluding hydrogens is 395 g/mol. The Hall–Kier alpha value is -3.80. The summed E-state index contributed by atoms with van der Waals surface area (Å²) in [6.07, 6.45) is 1.57. The first-order valence-corrected chi connectivity index (χ1v) is 9.88. The van der Waals surface area contributed by atoms with E-state index >= 15 is 0 Å². The first-order chi connectivity index (χ1) is 14.9. The van der Waals surface area contributed by atoms with E-state index in [4.69, 9.17) is 0 Å². The van der Waals surface area contributed by atoms with Gasteiger partial charge in [0.25, 0.3) is 11.7 Å². The molecule has 0 aliphatic carbocycles. The number of hydrogen-bond donors (Lipinski definition) is 1. The molecule has 2 heterocycles. The van der Waals surface area contributed by atoms with Crippen LogP contribution in [0.1, 0.15) is 34.0 Å². The van der Waals surface area contributed by atoms with Crippen molar-refractivity contribution in [1.29, 1.82) is 0 Å². The summed E-state index contributed by atoms with van der Waals surface area (Å²) in [6, 6.07) is 15.4. The van der Waals surface area contributed by atoms with Crippen LogP contribution in [0.4, 0.5) is 4.39 Å². The van der Waals surface area contributed by atoms with Gasteiger partial charge in [-0.2, -0.15) is 0 Å². The van der Waals surface area contributed by atoms with Gasteiger partial charge in [0.2, 0.25) is 0 Å². The third kappa shape index (κ3) is 3.84. The lowest BCUT2D eigenvalue weighted by molar-refractivity contribution is -0.140. The molecule has 0 radical (unpaired) electrons. The molecule has 2 aromatic carbocycles. The number of benzene rings is 2. The van der Waals surface area contributed by atoms with E-state index in [1.807, 2.05) is 19.9 Å². The summed E-state index contributed by atoms with van der Waals surface area (Å²) < 4.78 is 13.3. The fourth-order valence-corrected chi connectivity index (χ4v) is 3.72. The number of amides is 1. The molecule has 0 spiro atoms. The number of hydrogen-bond acceptors (Lipinski definition) is 4. The van der Waals surface area contributed by atoms with Crippen LogP contribution in [-0.4, -0.2) is 26.7 Å². The van der Waals surface area contributed by atoms with Gasteiger partial charge in [0.15, 0.2) is 0 Å². The van der Waals surface area contributed by atoms with E-state index in [0.29, 0.717) is 16.8 Å². The highest BCUT2D eigenvalue weighted by Gasteiger charge is 2.46. The summed E-state index contributed by atoms with van der Waals surface area (Å²) in [4.78, 5) is 31.7. The Kier molecular flexibility index (Phi) is 5.38. The number of Topliss-reactive ketones (excluding diaryl/α,β-unsaturated/α-hetero) is 1. The van der Waals surface area contributed by atoms with Gasteiger partial charge in [0.05, 0.1) is 11.3 Å². The number of pyridine rings is 1. The van der Waals surface area contributed by atoms with Crippen molar-refractivity contribution in [2.75, 3.05) is 0 Å². The van der Waals surface area contributed by atoms with E-state index in [0.717, 1.165) is 11.1 Å². The van der Waals surface area contributed by atoms with Crippen LogP contribution >= 0.6 is 0 Å². The van der Waals surface area contributed by atoms with Crippen LogP contribution in [0.3, 0.4) is 0 Å². The minimum absolute atomic E-state index is 0.00550. The van der Waals surface area contributed by atoms with E-state index in [1.165, 1.54) is 17.0 Å². The summed E-state index contributed by atoms with van der Waals surface area (Å²) >= 11 is 0. The number of ketones is 1. The van der Waals surface area contributed by atoms with Crippen LogP contribution < -0.4 is 0 Å². The summed E-state index contributed by atoms with van der Waals surface area (Å²) in [5, 5.41) is 11.1. The average molecular weight is 416 g/mol. The summed E-state index contributed by atoms with van der Waals surface area (Å²) in [5.74, 6) is -2.13. The molecule has 6 heteroatoms. The van der Waals surface area contributed by atoms with Crippen molar-refractivity contribution in [2.45, 2.75) is 26.4 Å². The van der Waals surface area contributed by atoms with Crippen LogP contribution in [0.15, 0.2) is 72.4 Å². The molecule has 5 nitrogen and oxygen atoms in total. The molecule has 1 fully saturated rings. The molecule has 0 bridgehead atoms. The Labute approximate surface area is 179 Å². The van der Waals surface area contributed by atoms with Crippen LogP contribution in [-0.2, 0) is 16.1 Å². The highest BCUT2D eigenvalue weighted by molar-refractivity contribution is 6.46. The molecule has 0 saturated carbocycles. The predicted molar refractivity (Wildman–Crippen MR) is 114 cm³/mol. The van der Waals surface area contributed by atoms with Crippen molar-refractivity contribution < 1.29 is 19.1 Å². The van der Waals surface area contributed by atoms with E-state index in [2.05, 4.69) is 4.98 Å². The van der Waals surface area contributed by atoms with E-state index in [-0.39, 0.29) is 23.7 Å². The van der Waals surface area contributed by atoms with Crippen molar-refractivity contribution in [3.05, 3.63) is 106 Å². The Balaban J connectivity index is 1.85. The molecule has 1 aliphatic rings. The molecule has 1 saturated heterocycles. The fourth-order valence-electron chi connectivity index (χ4n) is 3.72. The average Bonchev–Trinajstić information content (AvgIpc) is 3.02. The molecule has 4 rings (SSSR count). The minimum atomic E-state index is -0.854. The second kappa shape index (κ2) is 8.14. The highest BCUT2D eigenvalue weighted by Crippen LogP contribution is 2.39. The molecule has 1 unspecified atom stereocenters. The van der Waals surface area contributed by atoms with Crippen LogP contribution in [0.25, 0.3) is 5.76 Å². The Morgan fingerprint density at radius 1 is 1.03 bits per heavy atom. The highest BCUT2D eigenvalue weighted by atomic mass is 19.1.